The predicted molar refractivity (Wildman–Crippen MR) is 88.9 cm³/mol. The highest BCUT2D eigenvalue weighted by atomic mass is 16.6. The number of amides is 1. The number of likely N-dealkylation sites (tertiary alicyclic amines) is 1. The van der Waals surface area contributed by atoms with Gasteiger partial charge in [0.2, 0.25) is 0 Å². The van der Waals surface area contributed by atoms with E-state index in [1.165, 1.54) is 6.42 Å². The predicted octanol–water partition coefficient (Wildman–Crippen LogP) is 3.24. The van der Waals surface area contributed by atoms with E-state index < -0.39 is 0 Å². The molecule has 0 saturated carbocycles. The standard InChI is InChI=1S/C19H21NO3/c21-19(20-8-4-1-5-9-20)17-10-14-6-2-3-7-15(14)11-18(17)23-13-16-12-22-16/h2-3,6-7,10-11,16H,1,4-5,8-9,12-13H2. The lowest BCUT2D eigenvalue weighted by Gasteiger charge is -2.27. The maximum atomic E-state index is 12.9. The lowest BCUT2D eigenvalue weighted by atomic mass is 10.0. The van der Waals surface area contributed by atoms with Gasteiger partial charge in [0, 0.05) is 13.1 Å². The molecule has 4 rings (SSSR count). The van der Waals surface area contributed by atoms with Gasteiger partial charge in [-0.1, -0.05) is 24.3 Å². The summed E-state index contributed by atoms with van der Waals surface area (Å²) in [6, 6.07) is 12.0. The van der Waals surface area contributed by atoms with E-state index >= 15 is 0 Å². The largest absolute Gasteiger partial charge is 0.490 e. The van der Waals surface area contributed by atoms with Crippen LogP contribution in [0.1, 0.15) is 29.6 Å². The molecule has 1 unspecified atom stereocenters. The van der Waals surface area contributed by atoms with Crippen LogP contribution in [0.3, 0.4) is 0 Å². The number of carbonyl (C=O) groups is 1. The summed E-state index contributed by atoms with van der Waals surface area (Å²) in [6.45, 7) is 2.95. The number of hydrogen-bond donors (Lipinski definition) is 0. The Labute approximate surface area is 136 Å². The first-order chi connectivity index (χ1) is 11.3. The number of ether oxygens (including phenoxy) is 2. The fraction of sp³-hybridized carbons (Fsp3) is 0.421. The molecule has 2 fully saturated rings. The number of piperidine rings is 1. The number of rotatable bonds is 4. The minimum absolute atomic E-state index is 0.0853. The number of nitrogens with zero attached hydrogens (tertiary/aromatic N) is 1. The zero-order valence-electron chi connectivity index (χ0n) is 13.2. The summed E-state index contributed by atoms with van der Waals surface area (Å²) in [4.78, 5) is 14.9. The second-order valence-corrected chi connectivity index (χ2v) is 6.31. The molecule has 2 heterocycles. The third-order valence-corrected chi connectivity index (χ3v) is 4.55. The summed E-state index contributed by atoms with van der Waals surface area (Å²) in [5.41, 5.74) is 0.672. The molecule has 2 aliphatic heterocycles. The second-order valence-electron chi connectivity index (χ2n) is 6.31. The van der Waals surface area contributed by atoms with Crippen LogP contribution in [0.15, 0.2) is 36.4 Å². The number of hydrogen-bond acceptors (Lipinski definition) is 3. The van der Waals surface area contributed by atoms with E-state index in [9.17, 15) is 4.79 Å². The van der Waals surface area contributed by atoms with Crippen molar-refractivity contribution >= 4 is 16.7 Å². The monoisotopic (exact) mass is 311 g/mol. The van der Waals surface area contributed by atoms with E-state index in [1.807, 2.05) is 41.3 Å². The number of epoxide rings is 1. The summed E-state index contributed by atoms with van der Waals surface area (Å²) in [5, 5.41) is 2.16. The Hall–Kier alpha value is -2.07. The fourth-order valence-corrected chi connectivity index (χ4v) is 3.12. The highest BCUT2D eigenvalue weighted by molar-refractivity contribution is 6.01. The molecule has 0 bridgehead atoms. The van der Waals surface area contributed by atoms with Crippen molar-refractivity contribution < 1.29 is 14.3 Å². The Bertz CT molecular complexity index is 718. The first-order valence-electron chi connectivity index (χ1n) is 8.38. The van der Waals surface area contributed by atoms with Crippen LogP contribution in [-0.2, 0) is 4.74 Å². The van der Waals surface area contributed by atoms with Crippen LogP contribution < -0.4 is 4.74 Å². The van der Waals surface area contributed by atoms with E-state index in [2.05, 4.69) is 0 Å². The summed E-state index contributed by atoms with van der Waals surface area (Å²) in [6.07, 6.45) is 3.57. The molecule has 2 aromatic carbocycles. The van der Waals surface area contributed by atoms with Gasteiger partial charge < -0.3 is 14.4 Å². The normalized spacial score (nSPS) is 20.5. The van der Waals surface area contributed by atoms with E-state index in [4.69, 9.17) is 9.47 Å². The van der Waals surface area contributed by atoms with Gasteiger partial charge in [-0.3, -0.25) is 4.79 Å². The van der Waals surface area contributed by atoms with Crippen LogP contribution in [0, 0.1) is 0 Å². The Morgan fingerprint density at radius 1 is 1.13 bits per heavy atom. The van der Waals surface area contributed by atoms with Crippen LogP contribution in [0.5, 0.6) is 5.75 Å². The molecule has 0 radical (unpaired) electrons. The highest BCUT2D eigenvalue weighted by Gasteiger charge is 2.26. The molecule has 0 spiro atoms. The molecule has 0 aliphatic carbocycles. The smallest absolute Gasteiger partial charge is 0.257 e. The van der Waals surface area contributed by atoms with E-state index in [0.717, 1.165) is 43.3 Å². The van der Waals surface area contributed by atoms with Crippen LogP contribution in [-0.4, -0.2) is 43.2 Å². The summed E-state index contributed by atoms with van der Waals surface area (Å²) in [5.74, 6) is 0.761. The quantitative estimate of drug-likeness (QED) is 0.814. The number of carbonyl (C=O) groups excluding carboxylic acids is 1. The molecule has 2 aliphatic rings. The van der Waals surface area contributed by atoms with Crippen molar-refractivity contribution in [2.75, 3.05) is 26.3 Å². The lowest BCUT2D eigenvalue weighted by Crippen LogP contribution is -2.35. The van der Waals surface area contributed by atoms with E-state index in [1.54, 1.807) is 0 Å². The van der Waals surface area contributed by atoms with Crippen molar-refractivity contribution in [1.29, 1.82) is 0 Å². The SMILES string of the molecule is O=C(c1cc2ccccc2cc1OCC1CO1)N1CCCCC1. The minimum Gasteiger partial charge on any atom is -0.490 e. The van der Waals surface area contributed by atoms with Gasteiger partial charge in [-0.2, -0.15) is 0 Å². The maximum Gasteiger partial charge on any atom is 0.257 e. The molecule has 1 amide bonds. The van der Waals surface area contributed by atoms with E-state index in [0.29, 0.717) is 17.9 Å². The molecule has 4 heteroatoms. The minimum atomic E-state index is 0.0853. The zero-order chi connectivity index (χ0) is 15.6. The van der Waals surface area contributed by atoms with Crippen molar-refractivity contribution in [1.82, 2.24) is 4.90 Å². The first-order valence-corrected chi connectivity index (χ1v) is 8.38. The molecular weight excluding hydrogens is 290 g/mol. The fourth-order valence-electron chi connectivity index (χ4n) is 3.12. The van der Waals surface area contributed by atoms with Crippen LogP contribution in [0.4, 0.5) is 0 Å². The molecule has 2 aromatic rings. The third-order valence-electron chi connectivity index (χ3n) is 4.55. The maximum absolute atomic E-state index is 12.9. The average molecular weight is 311 g/mol. The number of fused-ring (bicyclic) bond motifs is 1. The molecule has 2 saturated heterocycles. The Kier molecular flexibility index (Phi) is 3.92. The highest BCUT2D eigenvalue weighted by Crippen LogP contribution is 2.29. The Morgan fingerprint density at radius 2 is 1.83 bits per heavy atom. The molecule has 0 aromatic heterocycles. The van der Waals surface area contributed by atoms with Crippen molar-refractivity contribution in [2.24, 2.45) is 0 Å². The molecule has 4 nitrogen and oxygen atoms in total. The van der Waals surface area contributed by atoms with Gasteiger partial charge in [-0.05, 0) is 42.2 Å². The van der Waals surface area contributed by atoms with Crippen LogP contribution in [0.25, 0.3) is 10.8 Å². The van der Waals surface area contributed by atoms with Gasteiger partial charge in [-0.15, -0.1) is 0 Å². The van der Waals surface area contributed by atoms with Crippen molar-refractivity contribution in [3.05, 3.63) is 42.0 Å². The molecule has 0 N–H and O–H groups in total. The van der Waals surface area contributed by atoms with Crippen molar-refractivity contribution in [2.45, 2.75) is 25.4 Å². The van der Waals surface area contributed by atoms with Crippen LogP contribution >= 0.6 is 0 Å². The Balaban J connectivity index is 1.68. The van der Waals surface area contributed by atoms with Gasteiger partial charge in [0.05, 0.1) is 12.2 Å². The van der Waals surface area contributed by atoms with Gasteiger partial charge in [0.1, 0.15) is 18.5 Å². The van der Waals surface area contributed by atoms with E-state index in [-0.39, 0.29) is 12.0 Å². The van der Waals surface area contributed by atoms with Crippen LogP contribution in [0.2, 0.25) is 0 Å². The second kappa shape index (κ2) is 6.20. The average Bonchev–Trinajstić information content (AvgIpc) is 3.43. The Morgan fingerprint density at radius 3 is 2.52 bits per heavy atom. The molecule has 1 atom stereocenters. The summed E-state index contributed by atoms with van der Waals surface area (Å²) < 4.78 is 11.1. The lowest BCUT2D eigenvalue weighted by molar-refractivity contribution is 0.0719. The zero-order valence-corrected chi connectivity index (χ0v) is 13.2. The van der Waals surface area contributed by atoms with Gasteiger partial charge in [-0.25, -0.2) is 0 Å². The van der Waals surface area contributed by atoms with Crippen molar-refractivity contribution in [3.8, 4) is 5.75 Å². The first kappa shape index (κ1) is 14.5. The topological polar surface area (TPSA) is 42.1 Å². The van der Waals surface area contributed by atoms with Crippen molar-refractivity contribution in [3.63, 3.8) is 0 Å². The van der Waals surface area contributed by atoms with Gasteiger partial charge in [0.15, 0.2) is 0 Å². The third kappa shape index (κ3) is 3.17. The molecular formula is C19H21NO3. The molecule has 120 valence electrons. The van der Waals surface area contributed by atoms with Gasteiger partial charge >= 0.3 is 0 Å². The molecule has 23 heavy (non-hydrogen) atoms. The van der Waals surface area contributed by atoms with Gasteiger partial charge in [0.25, 0.3) is 5.91 Å². The number of benzene rings is 2. The summed E-state index contributed by atoms with van der Waals surface area (Å²) >= 11 is 0. The summed E-state index contributed by atoms with van der Waals surface area (Å²) in [7, 11) is 0.